The van der Waals surface area contributed by atoms with Crippen LogP contribution in [0.25, 0.3) is 0 Å². The minimum atomic E-state index is -1.15. The molecule has 0 aliphatic carbocycles. The van der Waals surface area contributed by atoms with Gasteiger partial charge in [0.1, 0.15) is 12.7 Å². The Balaban J connectivity index is 2.45. The average molecular weight is 457 g/mol. The van der Waals surface area contributed by atoms with Crippen molar-refractivity contribution in [2.75, 3.05) is 6.61 Å². The Kier molecular flexibility index (Phi) is 13.7. The Labute approximate surface area is 191 Å². The number of rotatable bonds is 16. The van der Waals surface area contributed by atoms with E-state index in [4.69, 9.17) is 23.7 Å². The number of carbonyl (C=O) groups excluding carboxylic acids is 3. The molecule has 0 unspecified atom stereocenters. The Bertz CT molecular complexity index is 603. The molecule has 184 valence electrons. The molecule has 1 heterocycles. The van der Waals surface area contributed by atoms with E-state index in [0.29, 0.717) is 12.2 Å². The van der Waals surface area contributed by atoms with Gasteiger partial charge >= 0.3 is 17.9 Å². The second-order valence-corrected chi connectivity index (χ2v) is 8.27. The number of hydrogen-bond donors (Lipinski definition) is 0. The predicted molar refractivity (Wildman–Crippen MR) is 118 cm³/mol. The molecule has 0 N–H and O–H groups in total. The molecule has 0 saturated carbocycles. The Morgan fingerprint density at radius 2 is 1.34 bits per heavy atom. The first-order chi connectivity index (χ1) is 15.2. The number of unbranched alkanes of at least 4 members (excludes halogenated alkanes) is 8. The van der Waals surface area contributed by atoms with Crippen LogP contribution in [0.15, 0.2) is 12.3 Å². The van der Waals surface area contributed by atoms with Gasteiger partial charge in [-0.3, -0.25) is 14.4 Å². The highest BCUT2D eigenvalue weighted by molar-refractivity contribution is 5.69. The largest absolute Gasteiger partial charge is 0.489 e. The van der Waals surface area contributed by atoms with Crippen molar-refractivity contribution in [2.24, 2.45) is 0 Å². The van der Waals surface area contributed by atoms with Crippen molar-refractivity contribution in [1.29, 1.82) is 0 Å². The van der Waals surface area contributed by atoms with Crippen molar-refractivity contribution < 1.29 is 38.1 Å². The van der Waals surface area contributed by atoms with Gasteiger partial charge in [0, 0.05) is 20.3 Å². The SMILES string of the molecule is C=C(C)O[C@H]1[C@@H](OC(C)=O)[C@H](OC(C)=O)O[C@@H]1COC(=O)CCCCCCCCCCC. The smallest absolute Gasteiger partial charge is 0.305 e. The van der Waals surface area contributed by atoms with Gasteiger partial charge < -0.3 is 23.7 Å². The van der Waals surface area contributed by atoms with Crippen LogP contribution in [0, 0.1) is 0 Å². The van der Waals surface area contributed by atoms with E-state index in [2.05, 4.69) is 13.5 Å². The summed E-state index contributed by atoms with van der Waals surface area (Å²) in [5.74, 6) is -1.13. The van der Waals surface area contributed by atoms with E-state index in [1.165, 1.54) is 52.4 Å². The van der Waals surface area contributed by atoms with E-state index < -0.39 is 36.5 Å². The highest BCUT2D eigenvalue weighted by Crippen LogP contribution is 2.29. The lowest BCUT2D eigenvalue weighted by Gasteiger charge is -2.24. The van der Waals surface area contributed by atoms with Gasteiger partial charge in [-0.1, -0.05) is 64.9 Å². The summed E-state index contributed by atoms with van der Waals surface area (Å²) in [6, 6.07) is 0. The molecule has 8 heteroatoms. The molecule has 0 bridgehead atoms. The molecule has 1 aliphatic heterocycles. The summed E-state index contributed by atoms with van der Waals surface area (Å²) in [7, 11) is 0. The molecule has 1 aliphatic rings. The molecule has 0 aromatic carbocycles. The molecule has 0 radical (unpaired) electrons. The maximum Gasteiger partial charge on any atom is 0.305 e. The zero-order chi connectivity index (χ0) is 23.9. The number of allylic oxidation sites excluding steroid dienone is 1. The topological polar surface area (TPSA) is 97.4 Å². The maximum atomic E-state index is 12.1. The number of hydrogen-bond acceptors (Lipinski definition) is 8. The van der Waals surface area contributed by atoms with E-state index in [9.17, 15) is 14.4 Å². The number of ether oxygens (including phenoxy) is 5. The Morgan fingerprint density at radius 1 is 0.781 bits per heavy atom. The molecule has 1 rings (SSSR count). The molecule has 0 aromatic rings. The standard InChI is InChI=1S/C24H40O8/c1-6-7-8-9-10-11-12-13-14-15-21(27)28-16-20-22(29-17(2)3)23(30-18(4)25)24(32-20)31-19(5)26/h20,22-24H,2,6-16H2,1,3-5H3/t20-,22-,23-,24-/m1/s1. The van der Waals surface area contributed by atoms with Gasteiger partial charge in [0.25, 0.3) is 0 Å². The van der Waals surface area contributed by atoms with Crippen molar-refractivity contribution in [2.45, 2.75) is 117 Å². The molecule has 32 heavy (non-hydrogen) atoms. The third-order valence-corrected chi connectivity index (χ3v) is 5.08. The lowest BCUT2D eigenvalue weighted by Crippen LogP contribution is -2.40. The van der Waals surface area contributed by atoms with Gasteiger partial charge in [-0.05, 0) is 13.3 Å². The third kappa shape index (κ3) is 11.5. The first-order valence-corrected chi connectivity index (χ1v) is 11.7. The van der Waals surface area contributed by atoms with Crippen LogP contribution >= 0.6 is 0 Å². The van der Waals surface area contributed by atoms with Gasteiger partial charge in [-0.2, -0.15) is 0 Å². The zero-order valence-corrected chi connectivity index (χ0v) is 20.1. The quantitative estimate of drug-likeness (QED) is 0.144. The lowest BCUT2D eigenvalue weighted by molar-refractivity contribution is -0.197. The van der Waals surface area contributed by atoms with Gasteiger partial charge in [0.05, 0.1) is 5.76 Å². The minimum Gasteiger partial charge on any atom is -0.489 e. The zero-order valence-electron chi connectivity index (χ0n) is 20.1. The fourth-order valence-corrected chi connectivity index (χ4v) is 3.60. The van der Waals surface area contributed by atoms with E-state index in [1.54, 1.807) is 6.92 Å². The normalized spacial score (nSPS) is 22.2. The van der Waals surface area contributed by atoms with Gasteiger partial charge in [-0.15, -0.1) is 0 Å². The molecular formula is C24H40O8. The highest BCUT2D eigenvalue weighted by atomic mass is 16.7. The predicted octanol–water partition coefficient (Wildman–Crippen LogP) is 4.59. The van der Waals surface area contributed by atoms with Crippen LogP contribution in [0.2, 0.25) is 0 Å². The van der Waals surface area contributed by atoms with E-state index >= 15 is 0 Å². The molecule has 0 amide bonds. The van der Waals surface area contributed by atoms with Crippen LogP contribution < -0.4 is 0 Å². The summed E-state index contributed by atoms with van der Waals surface area (Å²) in [6.07, 6.45) is 7.08. The van der Waals surface area contributed by atoms with Crippen molar-refractivity contribution >= 4 is 17.9 Å². The summed E-state index contributed by atoms with van der Waals surface area (Å²) in [4.78, 5) is 35.1. The number of carbonyl (C=O) groups is 3. The fourth-order valence-electron chi connectivity index (χ4n) is 3.60. The average Bonchev–Trinajstić information content (AvgIpc) is 2.99. The molecule has 8 nitrogen and oxygen atoms in total. The second-order valence-electron chi connectivity index (χ2n) is 8.27. The van der Waals surface area contributed by atoms with Crippen molar-refractivity contribution in [3.05, 3.63) is 12.3 Å². The molecule has 1 saturated heterocycles. The van der Waals surface area contributed by atoms with Crippen LogP contribution in [0.4, 0.5) is 0 Å². The molecule has 1 fully saturated rings. The molecule has 0 aromatic heterocycles. The van der Waals surface area contributed by atoms with Gasteiger partial charge in [0.15, 0.2) is 6.10 Å². The maximum absolute atomic E-state index is 12.1. The van der Waals surface area contributed by atoms with Crippen LogP contribution in [-0.2, 0) is 38.1 Å². The minimum absolute atomic E-state index is 0.107. The van der Waals surface area contributed by atoms with E-state index in [0.717, 1.165) is 19.3 Å². The van der Waals surface area contributed by atoms with Crippen molar-refractivity contribution in [3.63, 3.8) is 0 Å². The summed E-state index contributed by atoms with van der Waals surface area (Å²) in [5, 5.41) is 0. The van der Waals surface area contributed by atoms with Crippen LogP contribution in [0.3, 0.4) is 0 Å². The molecular weight excluding hydrogens is 416 g/mol. The van der Waals surface area contributed by atoms with E-state index in [1.807, 2.05) is 0 Å². The highest BCUT2D eigenvalue weighted by Gasteiger charge is 2.51. The Hall–Kier alpha value is -2.09. The van der Waals surface area contributed by atoms with Crippen molar-refractivity contribution in [1.82, 2.24) is 0 Å². The van der Waals surface area contributed by atoms with Gasteiger partial charge in [0.2, 0.25) is 12.4 Å². The molecule has 0 spiro atoms. The second kappa shape index (κ2) is 15.7. The third-order valence-electron chi connectivity index (χ3n) is 5.08. The Morgan fingerprint density at radius 3 is 1.88 bits per heavy atom. The van der Waals surface area contributed by atoms with Gasteiger partial charge in [-0.25, -0.2) is 0 Å². The van der Waals surface area contributed by atoms with Crippen molar-refractivity contribution in [3.8, 4) is 0 Å². The number of esters is 3. The monoisotopic (exact) mass is 456 g/mol. The van der Waals surface area contributed by atoms with E-state index in [-0.39, 0.29) is 12.6 Å². The van der Waals surface area contributed by atoms with Crippen LogP contribution in [0.1, 0.15) is 91.9 Å². The first kappa shape index (κ1) is 27.9. The van der Waals surface area contributed by atoms with Crippen LogP contribution in [0.5, 0.6) is 0 Å². The summed E-state index contributed by atoms with van der Waals surface area (Å²) < 4.78 is 27.1. The summed E-state index contributed by atoms with van der Waals surface area (Å²) in [5.41, 5.74) is 0. The summed E-state index contributed by atoms with van der Waals surface area (Å²) in [6.45, 7) is 9.90. The summed E-state index contributed by atoms with van der Waals surface area (Å²) >= 11 is 0. The molecule has 4 atom stereocenters. The first-order valence-electron chi connectivity index (χ1n) is 11.7. The lowest BCUT2D eigenvalue weighted by atomic mass is 10.1. The van der Waals surface area contributed by atoms with Crippen LogP contribution in [-0.4, -0.2) is 49.1 Å². The fraction of sp³-hybridized carbons (Fsp3) is 0.792.